The number of ether oxygens (including phenoxy) is 1. The van der Waals surface area contributed by atoms with Crippen LogP contribution in [-0.4, -0.2) is 40.0 Å². The minimum Gasteiger partial charge on any atom is -0.433 e. The van der Waals surface area contributed by atoms with Crippen molar-refractivity contribution in [2.45, 2.75) is 37.3 Å². The molecule has 0 saturated carbocycles. The van der Waals surface area contributed by atoms with Crippen LogP contribution in [0.15, 0.2) is 18.2 Å². The van der Waals surface area contributed by atoms with Gasteiger partial charge < -0.3 is 15.0 Å². The summed E-state index contributed by atoms with van der Waals surface area (Å²) in [5.74, 6) is 0.0128. The zero-order valence-electron chi connectivity index (χ0n) is 12.7. The summed E-state index contributed by atoms with van der Waals surface area (Å²) < 4.78 is 28.7. The van der Waals surface area contributed by atoms with Crippen molar-refractivity contribution in [2.75, 3.05) is 11.1 Å². The van der Waals surface area contributed by atoms with Crippen molar-refractivity contribution in [3.05, 3.63) is 23.2 Å². The number of rotatable bonds is 4. The van der Waals surface area contributed by atoms with Crippen LogP contribution in [0.3, 0.4) is 0 Å². The molecular formula is C15H15ClF2N2O3S. The third-order valence-electron chi connectivity index (χ3n) is 4.16. The number of hydrogen-bond acceptors (Lipinski definition) is 4. The van der Waals surface area contributed by atoms with Crippen molar-refractivity contribution in [3.8, 4) is 5.75 Å². The first-order chi connectivity index (χ1) is 11.3. The quantitative estimate of drug-likeness (QED) is 0.875. The summed E-state index contributed by atoms with van der Waals surface area (Å²) in [4.78, 5) is 25.9. The topological polar surface area (TPSA) is 58.6 Å². The fourth-order valence-electron chi connectivity index (χ4n) is 3.01. The van der Waals surface area contributed by atoms with E-state index in [9.17, 15) is 18.4 Å². The third kappa shape index (κ3) is 3.17. The molecule has 2 aliphatic rings. The second kappa shape index (κ2) is 6.40. The summed E-state index contributed by atoms with van der Waals surface area (Å²) in [6.45, 7) is -1.01. The van der Waals surface area contributed by atoms with E-state index in [4.69, 9.17) is 11.6 Å². The average Bonchev–Trinajstić information content (AvgIpc) is 2.98. The van der Waals surface area contributed by atoms with Crippen molar-refractivity contribution in [2.24, 2.45) is 0 Å². The van der Waals surface area contributed by atoms with Gasteiger partial charge >= 0.3 is 6.61 Å². The molecular weight excluding hydrogens is 362 g/mol. The first-order valence-electron chi connectivity index (χ1n) is 7.31. The van der Waals surface area contributed by atoms with Crippen LogP contribution >= 0.6 is 23.4 Å². The first-order valence-corrected chi connectivity index (χ1v) is 8.68. The SMILES string of the molecule is C[C@]12CCC(=O)N1[C@H](C(=O)Nc1ccc(OC(F)F)c(Cl)c1)CS2. The molecule has 2 amide bonds. The van der Waals surface area contributed by atoms with E-state index in [1.165, 1.54) is 18.2 Å². The summed E-state index contributed by atoms with van der Waals surface area (Å²) in [5.41, 5.74) is 0.358. The molecule has 2 heterocycles. The lowest BCUT2D eigenvalue weighted by atomic mass is 10.2. The predicted octanol–water partition coefficient (Wildman–Crippen LogP) is 3.33. The molecule has 0 radical (unpaired) electrons. The van der Waals surface area contributed by atoms with Crippen molar-refractivity contribution < 1.29 is 23.1 Å². The molecule has 3 rings (SSSR count). The van der Waals surface area contributed by atoms with Crippen LogP contribution in [0.5, 0.6) is 5.75 Å². The number of thioether (sulfide) groups is 1. The number of carbonyl (C=O) groups is 2. The molecule has 1 aromatic carbocycles. The summed E-state index contributed by atoms with van der Waals surface area (Å²) in [7, 11) is 0. The number of alkyl halides is 2. The lowest BCUT2D eigenvalue weighted by Crippen LogP contribution is -2.48. The number of anilines is 1. The van der Waals surface area contributed by atoms with Gasteiger partial charge in [0.05, 0.1) is 9.89 Å². The van der Waals surface area contributed by atoms with Crippen LogP contribution in [0.1, 0.15) is 19.8 Å². The highest BCUT2D eigenvalue weighted by atomic mass is 35.5. The Morgan fingerprint density at radius 3 is 2.96 bits per heavy atom. The molecule has 0 unspecified atom stereocenters. The second-order valence-corrected chi connectivity index (χ2v) is 7.69. The monoisotopic (exact) mass is 376 g/mol. The highest BCUT2D eigenvalue weighted by Crippen LogP contribution is 2.47. The highest BCUT2D eigenvalue weighted by molar-refractivity contribution is 8.01. The predicted molar refractivity (Wildman–Crippen MR) is 87.4 cm³/mol. The molecule has 0 aromatic heterocycles. The highest BCUT2D eigenvalue weighted by Gasteiger charge is 2.52. The summed E-state index contributed by atoms with van der Waals surface area (Å²) in [5, 5.41) is 2.65. The lowest BCUT2D eigenvalue weighted by molar-refractivity contribution is -0.135. The standard InChI is InChI=1S/C15H15ClF2N2O3S/c1-15-5-4-12(21)20(15)10(7-24-15)13(22)19-8-2-3-11(9(16)6-8)23-14(17)18/h2-3,6,10,14H,4-5,7H2,1H3,(H,19,22)/t10-,15-/m0/s1. The molecule has 0 aliphatic carbocycles. The molecule has 2 fully saturated rings. The minimum atomic E-state index is -2.97. The van der Waals surface area contributed by atoms with Crippen molar-refractivity contribution in [3.63, 3.8) is 0 Å². The molecule has 9 heteroatoms. The number of fused-ring (bicyclic) bond motifs is 1. The van der Waals surface area contributed by atoms with Crippen molar-refractivity contribution in [1.29, 1.82) is 0 Å². The maximum atomic E-state index is 12.5. The summed E-state index contributed by atoms with van der Waals surface area (Å²) >= 11 is 7.47. The molecule has 2 atom stereocenters. The smallest absolute Gasteiger partial charge is 0.387 e. The van der Waals surface area contributed by atoms with Gasteiger partial charge in [-0.25, -0.2) is 0 Å². The van der Waals surface area contributed by atoms with Gasteiger partial charge in [-0.1, -0.05) is 11.6 Å². The Bertz CT molecular complexity index is 691. The normalized spacial score (nSPS) is 26.0. The van der Waals surface area contributed by atoms with Gasteiger partial charge in [0, 0.05) is 17.9 Å². The van der Waals surface area contributed by atoms with Gasteiger partial charge in [-0.3, -0.25) is 9.59 Å². The van der Waals surface area contributed by atoms with Gasteiger partial charge in [0.1, 0.15) is 11.8 Å². The average molecular weight is 377 g/mol. The molecule has 2 aliphatic heterocycles. The van der Waals surface area contributed by atoms with Crippen LogP contribution in [0, 0.1) is 0 Å². The first kappa shape index (κ1) is 17.3. The van der Waals surface area contributed by atoms with Crippen LogP contribution in [0.2, 0.25) is 5.02 Å². The molecule has 2 saturated heterocycles. The number of amides is 2. The molecule has 24 heavy (non-hydrogen) atoms. The molecule has 1 aromatic rings. The number of hydrogen-bond donors (Lipinski definition) is 1. The maximum Gasteiger partial charge on any atom is 0.387 e. The van der Waals surface area contributed by atoms with E-state index >= 15 is 0 Å². The Labute approximate surface area is 146 Å². The Hall–Kier alpha value is -1.54. The zero-order chi connectivity index (χ0) is 17.5. The Morgan fingerprint density at radius 1 is 1.54 bits per heavy atom. The zero-order valence-corrected chi connectivity index (χ0v) is 14.3. The number of nitrogens with one attached hydrogen (secondary N) is 1. The van der Waals surface area contributed by atoms with E-state index in [2.05, 4.69) is 10.1 Å². The van der Waals surface area contributed by atoms with E-state index in [-0.39, 0.29) is 27.5 Å². The maximum absolute atomic E-state index is 12.5. The summed E-state index contributed by atoms with van der Waals surface area (Å²) in [6.07, 6.45) is 1.17. The fraction of sp³-hybridized carbons (Fsp3) is 0.467. The fourth-order valence-corrected chi connectivity index (χ4v) is 4.67. The number of carbonyl (C=O) groups excluding carboxylic acids is 2. The molecule has 0 spiro atoms. The van der Waals surface area contributed by atoms with Crippen LogP contribution in [0.4, 0.5) is 14.5 Å². The van der Waals surface area contributed by atoms with Crippen molar-refractivity contribution in [1.82, 2.24) is 4.90 Å². The second-order valence-electron chi connectivity index (χ2n) is 5.78. The minimum absolute atomic E-state index is 0.0265. The van der Waals surface area contributed by atoms with Crippen LogP contribution < -0.4 is 10.1 Å². The van der Waals surface area contributed by atoms with Gasteiger partial charge in [0.2, 0.25) is 11.8 Å². The largest absolute Gasteiger partial charge is 0.433 e. The van der Waals surface area contributed by atoms with E-state index in [0.717, 1.165) is 6.42 Å². The molecule has 1 N–H and O–H groups in total. The van der Waals surface area contributed by atoms with Crippen LogP contribution in [0.25, 0.3) is 0 Å². The Morgan fingerprint density at radius 2 is 2.29 bits per heavy atom. The van der Waals surface area contributed by atoms with E-state index in [1.807, 2.05) is 6.92 Å². The molecule has 0 bridgehead atoms. The third-order valence-corrected chi connectivity index (χ3v) is 5.96. The van der Waals surface area contributed by atoms with Gasteiger partial charge in [0.15, 0.2) is 0 Å². The molecule has 130 valence electrons. The van der Waals surface area contributed by atoms with Crippen molar-refractivity contribution >= 4 is 40.9 Å². The van der Waals surface area contributed by atoms with E-state index in [1.54, 1.807) is 16.7 Å². The van der Waals surface area contributed by atoms with Gasteiger partial charge in [-0.15, -0.1) is 11.8 Å². The molecule has 5 nitrogen and oxygen atoms in total. The lowest BCUT2D eigenvalue weighted by Gasteiger charge is -2.29. The Balaban J connectivity index is 1.71. The number of nitrogens with zero attached hydrogens (tertiary/aromatic N) is 1. The Kier molecular flexibility index (Phi) is 4.61. The summed E-state index contributed by atoms with van der Waals surface area (Å²) in [6, 6.07) is 3.48. The van der Waals surface area contributed by atoms with E-state index < -0.39 is 12.7 Å². The van der Waals surface area contributed by atoms with Crippen LogP contribution in [-0.2, 0) is 9.59 Å². The number of halogens is 3. The van der Waals surface area contributed by atoms with Gasteiger partial charge in [0.25, 0.3) is 0 Å². The van der Waals surface area contributed by atoms with Gasteiger partial charge in [-0.2, -0.15) is 8.78 Å². The van der Waals surface area contributed by atoms with E-state index in [0.29, 0.717) is 17.9 Å². The number of benzene rings is 1. The van der Waals surface area contributed by atoms with Gasteiger partial charge in [-0.05, 0) is 31.5 Å².